The second-order valence-corrected chi connectivity index (χ2v) is 4.93. The molecule has 0 heterocycles. The van der Waals surface area contributed by atoms with Crippen molar-refractivity contribution in [2.75, 3.05) is 5.32 Å². The zero-order valence-corrected chi connectivity index (χ0v) is 12.7. The first-order chi connectivity index (χ1) is 10.7. The average molecular weight is 294 g/mol. The van der Waals surface area contributed by atoms with Crippen LogP contribution in [0.1, 0.15) is 24.5 Å². The molecule has 0 radical (unpaired) electrons. The molecule has 0 bridgehead atoms. The van der Waals surface area contributed by atoms with Crippen LogP contribution in [0.5, 0.6) is 5.75 Å². The van der Waals surface area contributed by atoms with Crippen molar-refractivity contribution in [1.29, 1.82) is 5.26 Å². The molecule has 1 atom stereocenters. The molecule has 0 spiro atoms. The molecule has 2 aromatic rings. The van der Waals surface area contributed by atoms with Crippen LogP contribution < -0.4 is 10.1 Å². The van der Waals surface area contributed by atoms with Crippen LogP contribution in [0.25, 0.3) is 0 Å². The number of carbonyl (C=O) groups is 1. The molecule has 0 aliphatic rings. The number of para-hydroxylation sites is 2. The van der Waals surface area contributed by atoms with Crippen LogP contribution in [0, 0.1) is 18.3 Å². The highest BCUT2D eigenvalue weighted by Crippen LogP contribution is 2.20. The number of carbonyl (C=O) groups excluding carboxylic acids is 1. The van der Waals surface area contributed by atoms with Gasteiger partial charge in [0, 0.05) is 0 Å². The Balaban J connectivity index is 2.13. The Labute approximate surface area is 130 Å². The maximum absolute atomic E-state index is 12.4. The number of hydrogen-bond donors (Lipinski definition) is 1. The summed E-state index contributed by atoms with van der Waals surface area (Å²) in [6.45, 7) is 3.82. The van der Waals surface area contributed by atoms with E-state index < -0.39 is 6.10 Å². The molecule has 22 heavy (non-hydrogen) atoms. The predicted molar refractivity (Wildman–Crippen MR) is 85.7 cm³/mol. The highest BCUT2D eigenvalue weighted by atomic mass is 16.5. The molecule has 0 aliphatic carbocycles. The third-order valence-corrected chi connectivity index (χ3v) is 3.33. The minimum absolute atomic E-state index is 0.256. The van der Waals surface area contributed by atoms with Crippen LogP contribution in [0.15, 0.2) is 48.5 Å². The molecule has 4 nitrogen and oxygen atoms in total. The largest absolute Gasteiger partial charge is 0.480 e. The van der Waals surface area contributed by atoms with Crippen LogP contribution >= 0.6 is 0 Å². The summed E-state index contributed by atoms with van der Waals surface area (Å²) >= 11 is 0. The Morgan fingerprint density at radius 2 is 1.91 bits per heavy atom. The fraction of sp³-hybridized carbons (Fsp3) is 0.222. The lowest BCUT2D eigenvalue weighted by atomic mass is 10.1. The Kier molecular flexibility index (Phi) is 5.16. The number of hydrogen-bond acceptors (Lipinski definition) is 3. The molecule has 0 aromatic heterocycles. The van der Waals surface area contributed by atoms with E-state index in [1.54, 1.807) is 24.3 Å². The zero-order chi connectivity index (χ0) is 15.9. The van der Waals surface area contributed by atoms with Gasteiger partial charge >= 0.3 is 0 Å². The number of aryl methyl sites for hydroxylation is 1. The smallest absolute Gasteiger partial charge is 0.265 e. The Bertz CT molecular complexity index is 704. The van der Waals surface area contributed by atoms with Gasteiger partial charge in [0.25, 0.3) is 5.91 Å². The quantitative estimate of drug-likeness (QED) is 0.915. The minimum Gasteiger partial charge on any atom is -0.480 e. The van der Waals surface area contributed by atoms with E-state index in [0.29, 0.717) is 23.4 Å². The van der Waals surface area contributed by atoms with Gasteiger partial charge in [0.1, 0.15) is 11.8 Å². The molecule has 1 N–H and O–H groups in total. The highest BCUT2D eigenvalue weighted by Gasteiger charge is 2.20. The predicted octanol–water partition coefficient (Wildman–Crippen LogP) is 3.66. The molecule has 1 amide bonds. The summed E-state index contributed by atoms with van der Waals surface area (Å²) in [5.74, 6) is 0.437. The van der Waals surface area contributed by atoms with E-state index in [9.17, 15) is 4.79 Å². The summed E-state index contributed by atoms with van der Waals surface area (Å²) in [6, 6.07) is 16.5. The maximum Gasteiger partial charge on any atom is 0.265 e. The zero-order valence-electron chi connectivity index (χ0n) is 12.7. The molecule has 112 valence electrons. The Morgan fingerprint density at radius 1 is 1.23 bits per heavy atom. The van der Waals surface area contributed by atoms with E-state index >= 15 is 0 Å². The molecule has 1 unspecified atom stereocenters. The fourth-order valence-corrected chi connectivity index (χ4v) is 2.07. The first kappa shape index (κ1) is 15.6. The minimum atomic E-state index is -0.604. The van der Waals surface area contributed by atoms with Crippen LogP contribution in [0.4, 0.5) is 5.69 Å². The fourth-order valence-electron chi connectivity index (χ4n) is 2.07. The van der Waals surface area contributed by atoms with E-state index in [0.717, 1.165) is 5.56 Å². The summed E-state index contributed by atoms with van der Waals surface area (Å²) < 4.78 is 5.81. The molecule has 0 fully saturated rings. The van der Waals surface area contributed by atoms with Crippen molar-refractivity contribution >= 4 is 11.6 Å². The maximum atomic E-state index is 12.4. The molecule has 0 saturated carbocycles. The monoisotopic (exact) mass is 294 g/mol. The lowest BCUT2D eigenvalue weighted by Gasteiger charge is -2.18. The second-order valence-electron chi connectivity index (χ2n) is 4.93. The second kappa shape index (κ2) is 7.28. The van der Waals surface area contributed by atoms with Crippen molar-refractivity contribution in [2.45, 2.75) is 26.4 Å². The molecular weight excluding hydrogens is 276 g/mol. The van der Waals surface area contributed by atoms with Gasteiger partial charge in [0.05, 0.1) is 11.3 Å². The Morgan fingerprint density at radius 3 is 2.59 bits per heavy atom. The SMILES string of the molecule is CCC(Oc1ccccc1C)C(=O)Nc1ccccc1C#N. The number of nitrogens with zero attached hydrogens (tertiary/aromatic N) is 1. The summed E-state index contributed by atoms with van der Waals surface area (Å²) in [5, 5.41) is 11.8. The van der Waals surface area contributed by atoms with Crippen molar-refractivity contribution in [3.8, 4) is 11.8 Å². The van der Waals surface area contributed by atoms with Gasteiger partial charge in [-0.15, -0.1) is 0 Å². The highest BCUT2D eigenvalue weighted by molar-refractivity contribution is 5.95. The van der Waals surface area contributed by atoms with Crippen molar-refractivity contribution < 1.29 is 9.53 Å². The molecule has 0 saturated heterocycles. The first-order valence-corrected chi connectivity index (χ1v) is 7.18. The molecular formula is C18H18N2O2. The van der Waals surface area contributed by atoms with E-state index in [1.165, 1.54) is 0 Å². The summed E-state index contributed by atoms with van der Waals surface area (Å²) in [5.41, 5.74) is 1.91. The van der Waals surface area contributed by atoms with Gasteiger partial charge in [-0.1, -0.05) is 37.3 Å². The van der Waals surface area contributed by atoms with Gasteiger partial charge in [0.15, 0.2) is 6.10 Å². The van der Waals surface area contributed by atoms with Gasteiger partial charge in [-0.2, -0.15) is 5.26 Å². The standard InChI is InChI=1S/C18H18N2O2/c1-3-16(22-17-11-7-4-8-13(17)2)18(21)20-15-10-6-5-9-14(15)12-19/h4-11,16H,3H2,1-2H3,(H,20,21). The summed E-state index contributed by atoms with van der Waals surface area (Å²) in [6.07, 6.45) is -0.0672. The van der Waals surface area contributed by atoms with Crippen molar-refractivity contribution in [1.82, 2.24) is 0 Å². The number of rotatable bonds is 5. The number of benzene rings is 2. The van der Waals surface area contributed by atoms with Crippen molar-refractivity contribution in [2.24, 2.45) is 0 Å². The molecule has 0 aliphatic heterocycles. The number of anilines is 1. The lowest BCUT2D eigenvalue weighted by Crippen LogP contribution is -2.32. The van der Waals surface area contributed by atoms with Crippen LogP contribution in [-0.2, 0) is 4.79 Å². The third kappa shape index (κ3) is 3.64. The first-order valence-electron chi connectivity index (χ1n) is 7.18. The normalized spacial score (nSPS) is 11.3. The number of nitrogens with one attached hydrogen (secondary N) is 1. The lowest BCUT2D eigenvalue weighted by molar-refractivity contribution is -0.122. The van der Waals surface area contributed by atoms with Crippen LogP contribution in [-0.4, -0.2) is 12.0 Å². The summed E-state index contributed by atoms with van der Waals surface area (Å²) in [4.78, 5) is 12.4. The molecule has 4 heteroatoms. The topological polar surface area (TPSA) is 62.1 Å². The van der Waals surface area contributed by atoms with Gasteiger partial charge in [-0.25, -0.2) is 0 Å². The average Bonchev–Trinajstić information content (AvgIpc) is 2.54. The van der Waals surface area contributed by atoms with Crippen LogP contribution in [0.2, 0.25) is 0 Å². The van der Waals surface area contributed by atoms with Crippen molar-refractivity contribution in [3.63, 3.8) is 0 Å². The number of amides is 1. The van der Waals surface area contributed by atoms with E-state index in [2.05, 4.69) is 11.4 Å². The number of nitriles is 1. The van der Waals surface area contributed by atoms with Gasteiger partial charge < -0.3 is 10.1 Å². The van der Waals surface area contributed by atoms with E-state index in [4.69, 9.17) is 10.00 Å². The van der Waals surface area contributed by atoms with Crippen molar-refractivity contribution in [3.05, 3.63) is 59.7 Å². The molecule has 2 rings (SSSR count). The molecule has 2 aromatic carbocycles. The van der Waals surface area contributed by atoms with Gasteiger partial charge in [-0.05, 0) is 37.1 Å². The van der Waals surface area contributed by atoms with Gasteiger partial charge in [0.2, 0.25) is 0 Å². The Hall–Kier alpha value is -2.80. The van der Waals surface area contributed by atoms with E-state index in [-0.39, 0.29) is 5.91 Å². The number of ether oxygens (including phenoxy) is 1. The van der Waals surface area contributed by atoms with E-state index in [1.807, 2.05) is 38.1 Å². The van der Waals surface area contributed by atoms with Gasteiger partial charge in [-0.3, -0.25) is 4.79 Å². The van der Waals surface area contributed by atoms with Crippen LogP contribution in [0.3, 0.4) is 0 Å². The summed E-state index contributed by atoms with van der Waals surface area (Å²) in [7, 11) is 0. The third-order valence-electron chi connectivity index (χ3n) is 3.33.